The first kappa shape index (κ1) is 25.7. The van der Waals surface area contributed by atoms with Gasteiger partial charge in [0.1, 0.15) is 5.75 Å². The van der Waals surface area contributed by atoms with Crippen molar-refractivity contribution >= 4 is 15.2 Å². The Morgan fingerprint density at radius 3 is 2.17 bits per heavy atom. The third-order valence-corrected chi connectivity index (χ3v) is 7.69. The van der Waals surface area contributed by atoms with Gasteiger partial charge in [-0.1, -0.05) is 82.8 Å². The van der Waals surface area contributed by atoms with Crippen molar-refractivity contribution < 1.29 is 28.3 Å². The molecule has 1 aromatic rings. The van der Waals surface area contributed by atoms with Crippen LogP contribution in [0.4, 0.5) is 0 Å². The summed E-state index contributed by atoms with van der Waals surface area (Å²) in [4.78, 5) is 27.7. The average Bonchev–Trinajstić information content (AvgIpc) is 2.64. The van der Waals surface area contributed by atoms with Crippen LogP contribution in [0.3, 0.4) is 0 Å². The first-order valence-corrected chi connectivity index (χ1v) is 13.2. The second kappa shape index (κ2) is 13.1. The van der Waals surface area contributed by atoms with E-state index in [0.29, 0.717) is 5.56 Å². The molecule has 1 rings (SSSR count). The van der Waals surface area contributed by atoms with Crippen molar-refractivity contribution in [1.82, 2.24) is 0 Å². The summed E-state index contributed by atoms with van der Waals surface area (Å²) in [6, 6.07) is 6.20. The molecule has 0 aliphatic rings. The first-order valence-electron chi connectivity index (χ1n) is 10.0. The predicted octanol–water partition coefficient (Wildman–Crippen LogP) is 6.17. The van der Waals surface area contributed by atoms with Crippen molar-refractivity contribution in [2.24, 2.45) is 0 Å². The van der Waals surface area contributed by atoms with Gasteiger partial charge in [0.25, 0.3) is 0 Å². The second-order valence-electron chi connectivity index (χ2n) is 6.98. The molecule has 1 aromatic carbocycles. The van der Waals surface area contributed by atoms with E-state index >= 15 is 0 Å². The van der Waals surface area contributed by atoms with Gasteiger partial charge in [-0.15, -0.1) is 0 Å². The van der Waals surface area contributed by atoms with E-state index in [0.717, 1.165) is 19.3 Å². The molecular weight excluding hydrogens is 410 g/mol. The molecular formula is C21H32O6P2. The summed E-state index contributed by atoms with van der Waals surface area (Å²) >= 11 is 0. The molecule has 0 saturated carbocycles. The molecule has 0 amide bonds. The van der Waals surface area contributed by atoms with Crippen LogP contribution in [0.2, 0.25) is 0 Å². The van der Waals surface area contributed by atoms with Crippen LogP contribution in [0.25, 0.3) is 0 Å². The Hall–Kier alpha value is -1.34. The molecule has 162 valence electrons. The van der Waals surface area contributed by atoms with Crippen LogP contribution < -0.4 is 4.52 Å². The summed E-state index contributed by atoms with van der Waals surface area (Å²) in [6.45, 7) is 5.22. The highest BCUT2D eigenvalue weighted by Crippen LogP contribution is 2.65. The number of rotatable bonds is 13. The monoisotopic (exact) mass is 442 g/mol. The van der Waals surface area contributed by atoms with Gasteiger partial charge in [-0.2, -0.15) is 0 Å². The Morgan fingerprint density at radius 1 is 1.00 bits per heavy atom. The molecule has 8 heteroatoms. The first-order chi connectivity index (χ1) is 13.7. The third kappa shape index (κ3) is 10.8. The van der Waals surface area contributed by atoms with Gasteiger partial charge in [0, 0.05) is 12.0 Å². The van der Waals surface area contributed by atoms with E-state index < -0.39 is 20.2 Å². The van der Waals surface area contributed by atoms with Gasteiger partial charge in [0.05, 0.1) is 0 Å². The van der Waals surface area contributed by atoms with Gasteiger partial charge < -0.3 is 19.2 Å². The smallest absolute Gasteiger partial charge is 0.415 e. The maximum atomic E-state index is 12.0. The zero-order valence-corrected chi connectivity index (χ0v) is 18.8. The van der Waals surface area contributed by atoms with Crippen LogP contribution >= 0.6 is 15.2 Å². The predicted molar refractivity (Wildman–Crippen MR) is 117 cm³/mol. The molecule has 1 atom stereocenters. The highest BCUT2D eigenvalue weighted by molar-refractivity contribution is 7.77. The summed E-state index contributed by atoms with van der Waals surface area (Å²) < 4.78 is 28.0. The minimum atomic E-state index is -4.93. The summed E-state index contributed by atoms with van der Waals surface area (Å²) in [7, 11) is -9.64. The molecule has 0 radical (unpaired) electrons. The molecule has 6 nitrogen and oxygen atoms in total. The lowest BCUT2D eigenvalue weighted by Gasteiger charge is -2.16. The van der Waals surface area contributed by atoms with E-state index in [1.165, 1.54) is 57.1 Å². The minimum Gasteiger partial charge on any atom is -0.421 e. The van der Waals surface area contributed by atoms with Crippen molar-refractivity contribution in [2.45, 2.75) is 71.1 Å². The molecule has 0 spiro atoms. The zero-order valence-electron chi connectivity index (χ0n) is 17.0. The highest BCUT2D eigenvalue weighted by atomic mass is 31.2. The van der Waals surface area contributed by atoms with Gasteiger partial charge in [0.15, 0.2) is 5.06 Å². The van der Waals surface area contributed by atoms with E-state index in [2.05, 4.69) is 25.3 Å². The van der Waals surface area contributed by atoms with Gasteiger partial charge in [0.2, 0.25) is 0 Å². The van der Waals surface area contributed by atoms with Crippen LogP contribution in [0.1, 0.15) is 76.7 Å². The topological polar surface area (TPSA) is 104 Å². The van der Waals surface area contributed by atoms with Gasteiger partial charge in [-0.25, -0.2) is 4.57 Å². The molecule has 0 bridgehead atoms. The minimum absolute atomic E-state index is 0.000284. The maximum absolute atomic E-state index is 12.0. The van der Waals surface area contributed by atoms with E-state index in [4.69, 9.17) is 14.3 Å². The van der Waals surface area contributed by atoms with Crippen LogP contribution in [-0.2, 0) is 9.13 Å². The molecule has 1 unspecified atom stereocenters. The molecule has 0 heterocycles. The van der Waals surface area contributed by atoms with E-state index in [1.54, 1.807) is 12.1 Å². The van der Waals surface area contributed by atoms with Crippen molar-refractivity contribution in [2.75, 3.05) is 0 Å². The largest absolute Gasteiger partial charge is 0.421 e. The van der Waals surface area contributed by atoms with E-state index in [1.807, 2.05) is 0 Å². The summed E-state index contributed by atoms with van der Waals surface area (Å²) in [5, 5.41) is -1.13. The zero-order chi connectivity index (χ0) is 21.8. The van der Waals surface area contributed by atoms with Crippen molar-refractivity contribution in [3.8, 4) is 17.6 Å². The summed E-state index contributed by atoms with van der Waals surface area (Å²) in [6.07, 6.45) is 12.0. The molecule has 0 aromatic heterocycles. The van der Waals surface area contributed by atoms with Crippen molar-refractivity contribution in [3.63, 3.8) is 0 Å². The fourth-order valence-corrected chi connectivity index (χ4v) is 4.62. The average molecular weight is 442 g/mol. The van der Waals surface area contributed by atoms with Crippen LogP contribution in [-0.4, -0.2) is 14.7 Å². The number of hydrogen-bond donors (Lipinski definition) is 3. The second-order valence-corrected chi connectivity index (χ2v) is 10.7. The van der Waals surface area contributed by atoms with Gasteiger partial charge in [-0.05, 0) is 24.6 Å². The number of hydrogen-bond acceptors (Lipinski definition) is 3. The third-order valence-electron chi connectivity index (χ3n) is 4.36. The highest BCUT2D eigenvalue weighted by Gasteiger charge is 2.38. The Balaban J connectivity index is 2.42. The molecule has 0 aliphatic carbocycles. The Kier molecular flexibility index (Phi) is 11.6. The summed E-state index contributed by atoms with van der Waals surface area (Å²) in [5.74, 6) is 6.06. The fourth-order valence-electron chi connectivity index (χ4n) is 2.68. The van der Waals surface area contributed by atoms with Crippen LogP contribution in [0, 0.1) is 11.8 Å². The number of benzene rings is 1. The molecule has 29 heavy (non-hydrogen) atoms. The summed E-state index contributed by atoms with van der Waals surface area (Å²) in [5.41, 5.74) is 0.597. The van der Waals surface area contributed by atoms with Gasteiger partial charge >= 0.3 is 15.2 Å². The fraction of sp³-hybridized carbons (Fsp3) is 0.524. The van der Waals surface area contributed by atoms with Crippen LogP contribution in [0.15, 0.2) is 35.9 Å². The normalized spacial score (nSPS) is 13.2. The SMILES string of the molecule is C=C(P(=O)(O)O)P(=O)(O)Oc1cccc(C#CCCCCCCCCCCC)c1. The maximum Gasteiger partial charge on any atom is 0.415 e. The quantitative estimate of drug-likeness (QED) is 0.192. The Morgan fingerprint density at radius 2 is 1.59 bits per heavy atom. The Labute approximate surface area is 174 Å². The molecule has 0 fully saturated rings. The molecule has 0 saturated heterocycles. The van der Waals surface area contributed by atoms with Gasteiger partial charge in [-0.3, -0.25) is 4.57 Å². The molecule has 3 N–H and O–H groups in total. The Bertz CT molecular complexity index is 803. The lowest BCUT2D eigenvalue weighted by molar-refractivity contribution is 0.370. The lowest BCUT2D eigenvalue weighted by Crippen LogP contribution is -1.96. The van der Waals surface area contributed by atoms with Crippen LogP contribution in [0.5, 0.6) is 5.75 Å². The molecule has 0 aliphatic heterocycles. The van der Waals surface area contributed by atoms with E-state index in [-0.39, 0.29) is 5.75 Å². The standard InChI is InChI=1S/C21H32O6P2/c1-3-4-5-6-7-8-9-10-11-12-13-15-20-16-14-17-21(18-20)27-29(25,26)19(2)28(22,23)24/h14,16-18H,2-12H2,1H3,(H,25,26)(H2,22,23,24). The van der Waals surface area contributed by atoms with Crippen molar-refractivity contribution in [3.05, 3.63) is 41.5 Å². The number of unbranched alkanes of at least 4 members (excludes halogenated alkanes) is 9. The lowest BCUT2D eigenvalue weighted by atomic mass is 10.1. The van der Waals surface area contributed by atoms with E-state index in [9.17, 15) is 14.0 Å². The van der Waals surface area contributed by atoms with Crippen molar-refractivity contribution in [1.29, 1.82) is 0 Å².